The lowest BCUT2D eigenvalue weighted by Crippen LogP contribution is -2.40. The summed E-state index contributed by atoms with van der Waals surface area (Å²) in [6, 6.07) is 3.37. The fourth-order valence-electron chi connectivity index (χ4n) is 2.39. The third kappa shape index (κ3) is 2.81. The summed E-state index contributed by atoms with van der Waals surface area (Å²) in [5, 5.41) is 9.16. The van der Waals surface area contributed by atoms with Crippen molar-refractivity contribution in [3.8, 4) is 11.5 Å². The first-order valence-electron chi connectivity index (χ1n) is 6.38. The monoisotopic (exact) mass is 315 g/mol. The summed E-state index contributed by atoms with van der Waals surface area (Å²) in [4.78, 5) is 11.1. The number of carboxylic acid groups (broad SMARTS) is 1. The topological polar surface area (TPSA) is 93.1 Å². The Morgan fingerprint density at radius 1 is 1.33 bits per heavy atom. The second-order valence-corrected chi connectivity index (χ2v) is 6.49. The number of ether oxygens (including phenoxy) is 2. The van der Waals surface area contributed by atoms with Crippen LogP contribution in [0.5, 0.6) is 11.5 Å². The van der Waals surface area contributed by atoms with Crippen molar-refractivity contribution in [3.63, 3.8) is 0 Å². The molecule has 0 spiro atoms. The van der Waals surface area contributed by atoms with Crippen molar-refractivity contribution in [2.45, 2.75) is 23.8 Å². The molecule has 1 aliphatic heterocycles. The molecule has 0 radical (unpaired) electrons. The van der Waals surface area contributed by atoms with Gasteiger partial charge in [-0.3, -0.25) is 4.79 Å². The van der Waals surface area contributed by atoms with Gasteiger partial charge in [0.15, 0.2) is 0 Å². The van der Waals surface area contributed by atoms with Gasteiger partial charge in [0.05, 0.1) is 14.2 Å². The van der Waals surface area contributed by atoms with Gasteiger partial charge in [-0.25, -0.2) is 8.42 Å². The number of rotatable bonds is 5. The Morgan fingerprint density at radius 3 is 2.62 bits per heavy atom. The molecule has 2 rings (SSSR count). The van der Waals surface area contributed by atoms with Crippen molar-refractivity contribution in [2.75, 3.05) is 20.8 Å². The number of carbonyl (C=O) groups is 1. The van der Waals surface area contributed by atoms with Crippen LogP contribution in [-0.2, 0) is 14.8 Å². The molecule has 1 aromatic rings. The standard InChI is InChI=1S/C13H17NO6S/c1-19-9-5-6-11(20-2)12(8-9)21(17,18)14-7-3-4-10(14)13(15)16/h5-6,8,10H,3-4,7H2,1-2H3,(H,15,16)/t10-/m0/s1. The Hall–Kier alpha value is -1.80. The smallest absolute Gasteiger partial charge is 0.322 e. The van der Waals surface area contributed by atoms with Crippen LogP contribution in [-0.4, -0.2) is 50.6 Å². The number of benzene rings is 1. The molecule has 1 fully saturated rings. The second kappa shape index (κ2) is 5.90. The number of nitrogens with zero attached hydrogens (tertiary/aromatic N) is 1. The van der Waals surface area contributed by atoms with E-state index in [4.69, 9.17) is 14.6 Å². The van der Waals surface area contributed by atoms with Gasteiger partial charge >= 0.3 is 5.97 Å². The maximum atomic E-state index is 12.7. The van der Waals surface area contributed by atoms with E-state index in [1.165, 1.54) is 26.4 Å². The lowest BCUT2D eigenvalue weighted by Gasteiger charge is -2.22. The Labute approximate surface area is 123 Å². The SMILES string of the molecule is COc1ccc(OC)c(S(=O)(=O)N2CCC[C@H]2C(=O)O)c1. The molecule has 8 heteroatoms. The lowest BCUT2D eigenvalue weighted by atomic mass is 10.2. The van der Waals surface area contributed by atoms with E-state index in [0.29, 0.717) is 18.6 Å². The van der Waals surface area contributed by atoms with E-state index in [1.54, 1.807) is 6.07 Å². The van der Waals surface area contributed by atoms with E-state index >= 15 is 0 Å². The minimum Gasteiger partial charge on any atom is -0.497 e. The average Bonchev–Trinajstić information content (AvgIpc) is 2.97. The summed E-state index contributed by atoms with van der Waals surface area (Å²) in [5.74, 6) is -0.620. The Balaban J connectivity index is 2.50. The van der Waals surface area contributed by atoms with Crippen LogP contribution in [0.3, 0.4) is 0 Å². The highest BCUT2D eigenvalue weighted by atomic mass is 32.2. The van der Waals surface area contributed by atoms with Gasteiger partial charge in [0.2, 0.25) is 10.0 Å². The van der Waals surface area contributed by atoms with E-state index in [2.05, 4.69) is 0 Å². The largest absolute Gasteiger partial charge is 0.497 e. The zero-order chi connectivity index (χ0) is 15.6. The van der Waals surface area contributed by atoms with Crippen molar-refractivity contribution < 1.29 is 27.8 Å². The third-order valence-electron chi connectivity index (χ3n) is 3.45. The zero-order valence-corrected chi connectivity index (χ0v) is 12.6. The van der Waals surface area contributed by atoms with Crippen molar-refractivity contribution in [2.24, 2.45) is 0 Å². The van der Waals surface area contributed by atoms with Crippen LogP contribution in [0.4, 0.5) is 0 Å². The first-order valence-corrected chi connectivity index (χ1v) is 7.82. The number of methoxy groups -OCH3 is 2. The van der Waals surface area contributed by atoms with E-state index in [1.807, 2.05) is 0 Å². The summed E-state index contributed by atoms with van der Waals surface area (Å²) in [5.41, 5.74) is 0. The molecule has 1 N–H and O–H groups in total. The van der Waals surface area contributed by atoms with Gasteiger partial charge < -0.3 is 14.6 Å². The van der Waals surface area contributed by atoms with Crippen LogP contribution < -0.4 is 9.47 Å². The first-order chi connectivity index (χ1) is 9.91. The van der Waals surface area contributed by atoms with Crippen LogP contribution in [0.15, 0.2) is 23.1 Å². The normalized spacial score (nSPS) is 19.4. The Morgan fingerprint density at radius 2 is 2.05 bits per heavy atom. The molecule has 1 aliphatic rings. The maximum Gasteiger partial charge on any atom is 0.322 e. The minimum atomic E-state index is -3.96. The molecular formula is C13H17NO6S. The number of sulfonamides is 1. The molecule has 116 valence electrons. The summed E-state index contributed by atoms with van der Waals surface area (Å²) in [6.45, 7) is 0.180. The number of aliphatic carboxylic acids is 1. The number of carboxylic acids is 1. The van der Waals surface area contributed by atoms with Gasteiger partial charge in [0.25, 0.3) is 0 Å². The number of hydrogen-bond donors (Lipinski definition) is 1. The van der Waals surface area contributed by atoms with Gasteiger partial charge in [-0.05, 0) is 25.0 Å². The average molecular weight is 315 g/mol. The molecule has 0 unspecified atom stereocenters. The van der Waals surface area contributed by atoms with Crippen LogP contribution in [0.25, 0.3) is 0 Å². The molecule has 7 nitrogen and oxygen atoms in total. The summed E-state index contributed by atoms with van der Waals surface area (Å²) < 4.78 is 36.6. The van der Waals surface area contributed by atoms with Gasteiger partial charge in [0.1, 0.15) is 22.4 Å². The third-order valence-corrected chi connectivity index (χ3v) is 5.38. The predicted molar refractivity (Wildman–Crippen MR) is 74.1 cm³/mol. The molecule has 21 heavy (non-hydrogen) atoms. The van der Waals surface area contributed by atoms with E-state index < -0.39 is 22.0 Å². The highest BCUT2D eigenvalue weighted by Crippen LogP contribution is 2.33. The molecule has 1 aromatic carbocycles. The fourth-order valence-corrected chi connectivity index (χ4v) is 4.21. The van der Waals surface area contributed by atoms with Crippen molar-refractivity contribution in [1.29, 1.82) is 0 Å². The summed E-state index contributed by atoms with van der Waals surface area (Å²) in [7, 11) is -1.18. The van der Waals surface area contributed by atoms with E-state index in [-0.39, 0.29) is 17.2 Å². The fraction of sp³-hybridized carbons (Fsp3) is 0.462. The summed E-state index contributed by atoms with van der Waals surface area (Å²) >= 11 is 0. The first kappa shape index (κ1) is 15.6. The van der Waals surface area contributed by atoms with Crippen molar-refractivity contribution >= 4 is 16.0 Å². The Kier molecular flexibility index (Phi) is 4.38. The highest BCUT2D eigenvalue weighted by molar-refractivity contribution is 7.89. The second-order valence-electron chi connectivity index (χ2n) is 4.63. The quantitative estimate of drug-likeness (QED) is 0.869. The maximum absolute atomic E-state index is 12.7. The molecule has 0 aliphatic carbocycles. The molecule has 0 bridgehead atoms. The lowest BCUT2D eigenvalue weighted by molar-refractivity contribution is -0.140. The van der Waals surface area contributed by atoms with Gasteiger partial charge in [-0.1, -0.05) is 0 Å². The molecule has 1 heterocycles. The molecular weight excluding hydrogens is 298 g/mol. The molecule has 0 saturated carbocycles. The Bertz CT molecular complexity index is 642. The van der Waals surface area contributed by atoms with Gasteiger partial charge in [-0.2, -0.15) is 4.31 Å². The van der Waals surface area contributed by atoms with Gasteiger partial charge in [0, 0.05) is 12.6 Å². The van der Waals surface area contributed by atoms with E-state index in [9.17, 15) is 13.2 Å². The predicted octanol–water partition coefficient (Wildman–Crippen LogP) is 0.941. The molecule has 1 saturated heterocycles. The number of hydrogen-bond acceptors (Lipinski definition) is 5. The van der Waals surface area contributed by atoms with Crippen LogP contribution >= 0.6 is 0 Å². The van der Waals surface area contributed by atoms with Crippen LogP contribution in [0, 0.1) is 0 Å². The van der Waals surface area contributed by atoms with E-state index in [0.717, 1.165) is 4.31 Å². The van der Waals surface area contributed by atoms with Crippen molar-refractivity contribution in [1.82, 2.24) is 4.31 Å². The molecule has 0 amide bonds. The minimum absolute atomic E-state index is 0.0856. The molecule has 0 aromatic heterocycles. The zero-order valence-electron chi connectivity index (χ0n) is 11.8. The van der Waals surface area contributed by atoms with Gasteiger partial charge in [-0.15, -0.1) is 0 Å². The highest BCUT2D eigenvalue weighted by Gasteiger charge is 2.40. The molecule has 1 atom stereocenters. The van der Waals surface area contributed by atoms with Crippen LogP contribution in [0.2, 0.25) is 0 Å². The van der Waals surface area contributed by atoms with Crippen LogP contribution in [0.1, 0.15) is 12.8 Å². The van der Waals surface area contributed by atoms with Crippen molar-refractivity contribution in [3.05, 3.63) is 18.2 Å². The summed E-state index contributed by atoms with van der Waals surface area (Å²) in [6.07, 6.45) is 0.823.